The number of nitrogens with zero attached hydrogens (tertiary/aromatic N) is 2. The van der Waals surface area contributed by atoms with Crippen LogP contribution in [0.25, 0.3) is 10.6 Å². The summed E-state index contributed by atoms with van der Waals surface area (Å²) in [5.41, 5.74) is 1.09. The third kappa shape index (κ3) is 1.89. The first kappa shape index (κ1) is 8.72. The van der Waals surface area contributed by atoms with Crippen molar-refractivity contribution in [3.05, 3.63) is 29.9 Å². The topological polar surface area (TPSA) is 25.8 Å². The molecule has 0 fully saturated rings. The lowest BCUT2D eigenvalue weighted by Gasteiger charge is -1.92. The van der Waals surface area contributed by atoms with E-state index in [1.54, 1.807) is 29.3 Å². The van der Waals surface area contributed by atoms with Gasteiger partial charge in [-0.25, -0.2) is 4.98 Å². The maximum Gasteiger partial charge on any atom is 0.126 e. The summed E-state index contributed by atoms with van der Waals surface area (Å²) in [4.78, 5) is 8.50. The van der Waals surface area contributed by atoms with E-state index in [1.165, 1.54) is 0 Å². The minimum atomic E-state index is 1.04. The quantitative estimate of drug-likeness (QED) is 0.710. The molecule has 0 aliphatic carbocycles. The molecule has 0 N–H and O–H groups in total. The van der Waals surface area contributed by atoms with Gasteiger partial charge in [0.1, 0.15) is 10.0 Å². The number of hydrogen-bond donors (Lipinski definition) is 0. The lowest BCUT2D eigenvalue weighted by Crippen LogP contribution is -1.77. The number of rotatable bonds is 2. The molecule has 66 valence electrons. The minimum Gasteiger partial charge on any atom is -0.264 e. The minimum absolute atomic E-state index is 1.04. The molecule has 0 radical (unpaired) electrons. The first-order chi connectivity index (χ1) is 6.40. The highest BCUT2D eigenvalue weighted by Gasteiger charge is 2.02. The summed E-state index contributed by atoms with van der Waals surface area (Å²) in [6.07, 6.45) is 5.64. The van der Waals surface area contributed by atoms with E-state index < -0.39 is 0 Å². The SMILES string of the molecule is CSc1csc(-c2cccnc2)n1. The van der Waals surface area contributed by atoms with Crippen molar-refractivity contribution in [2.45, 2.75) is 5.03 Å². The zero-order valence-corrected chi connectivity index (χ0v) is 8.73. The molecule has 0 unspecified atom stereocenters. The van der Waals surface area contributed by atoms with Crippen molar-refractivity contribution in [3.63, 3.8) is 0 Å². The highest BCUT2D eigenvalue weighted by atomic mass is 32.2. The van der Waals surface area contributed by atoms with Gasteiger partial charge in [0, 0.05) is 23.3 Å². The predicted molar refractivity (Wildman–Crippen MR) is 57.1 cm³/mol. The lowest BCUT2D eigenvalue weighted by atomic mass is 10.3. The summed E-state index contributed by atoms with van der Waals surface area (Å²) >= 11 is 3.32. The van der Waals surface area contributed by atoms with Gasteiger partial charge in [-0.2, -0.15) is 0 Å². The molecule has 0 amide bonds. The van der Waals surface area contributed by atoms with E-state index >= 15 is 0 Å². The normalized spacial score (nSPS) is 10.2. The van der Waals surface area contributed by atoms with Gasteiger partial charge in [0.25, 0.3) is 0 Å². The van der Waals surface area contributed by atoms with Crippen LogP contribution in [-0.2, 0) is 0 Å². The summed E-state index contributed by atoms with van der Waals surface area (Å²) in [5.74, 6) is 0. The molecule has 2 aromatic heterocycles. The second kappa shape index (κ2) is 3.89. The van der Waals surface area contributed by atoms with E-state index in [4.69, 9.17) is 0 Å². The Morgan fingerprint density at radius 3 is 3.00 bits per heavy atom. The first-order valence-electron chi connectivity index (χ1n) is 3.80. The van der Waals surface area contributed by atoms with Gasteiger partial charge < -0.3 is 0 Å². The number of aromatic nitrogens is 2. The number of pyridine rings is 1. The molecule has 2 aromatic rings. The fraction of sp³-hybridized carbons (Fsp3) is 0.111. The van der Waals surface area contributed by atoms with Crippen LogP contribution in [0, 0.1) is 0 Å². The molecular weight excluding hydrogens is 200 g/mol. The summed E-state index contributed by atoms with van der Waals surface area (Å²) in [5, 5.41) is 4.17. The smallest absolute Gasteiger partial charge is 0.126 e. The van der Waals surface area contributed by atoms with Crippen LogP contribution in [0.2, 0.25) is 0 Å². The van der Waals surface area contributed by atoms with E-state index in [2.05, 4.69) is 15.3 Å². The van der Waals surface area contributed by atoms with Crippen LogP contribution < -0.4 is 0 Å². The average Bonchev–Trinajstić information content (AvgIpc) is 2.67. The Morgan fingerprint density at radius 1 is 1.46 bits per heavy atom. The van der Waals surface area contributed by atoms with Crippen molar-refractivity contribution in [3.8, 4) is 10.6 Å². The van der Waals surface area contributed by atoms with Gasteiger partial charge in [-0.3, -0.25) is 4.98 Å². The van der Waals surface area contributed by atoms with Crippen LogP contribution in [0.1, 0.15) is 0 Å². The Labute approximate surface area is 85.1 Å². The third-order valence-corrected chi connectivity index (χ3v) is 3.27. The molecule has 2 heterocycles. The zero-order chi connectivity index (χ0) is 9.10. The summed E-state index contributed by atoms with van der Waals surface area (Å²) in [7, 11) is 0. The van der Waals surface area contributed by atoms with E-state index in [1.807, 2.05) is 24.6 Å². The molecule has 0 aliphatic rings. The second-order valence-electron chi connectivity index (χ2n) is 2.44. The van der Waals surface area contributed by atoms with Crippen molar-refractivity contribution in [1.82, 2.24) is 9.97 Å². The number of hydrogen-bond acceptors (Lipinski definition) is 4. The lowest BCUT2D eigenvalue weighted by molar-refractivity contribution is 1.20. The molecule has 0 bridgehead atoms. The van der Waals surface area contributed by atoms with Crippen LogP contribution in [0.4, 0.5) is 0 Å². The summed E-state index contributed by atoms with van der Waals surface area (Å²) in [6, 6.07) is 3.95. The number of thioether (sulfide) groups is 1. The van der Waals surface area contributed by atoms with Gasteiger partial charge in [-0.05, 0) is 18.4 Å². The Hall–Kier alpha value is -0.870. The Morgan fingerprint density at radius 2 is 2.38 bits per heavy atom. The van der Waals surface area contributed by atoms with Gasteiger partial charge in [0.05, 0.1) is 0 Å². The molecule has 0 spiro atoms. The molecular formula is C9H8N2S2. The van der Waals surface area contributed by atoms with Crippen molar-refractivity contribution in [2.75, 3.05) is 6.26 Å². The Bertz CT molecular complexity index is 384. The molecule has 4 heteroatoms. The Balaban J connectivity index is 2.36. The summed E-state index contributed by atoms with van der Waals surface area (Å²) in [6.45, 7) is 0. The molecule has 0 aromatic carbocycles. The van der Waals surface area contributed by atoms with Crippen LogP contribution >= 0.6 is 23.1 Å². The van der Waals surface area contributed by atoms with Crippen LogP contribution in [0.5, 0.6) is 0 Å². The van der Waals surface area contributed by atoms with Crippen molar-refractivity contribution in [2.24, 2.45) is 0 Å². The fourth-order valence-corrected chi connectivity index (χ4v) is 2.42. The molecule has 0 saturated heterocycles. The zero-order valence-electron chi connectivity index (χ0n) is 7.10. The van der Waals surface area contributed by atoms with Crippen LogP contribution in [0.3, 0.4) is 0 Å². The van der Waals surface area contributed by atoms with Gasteiger partial charge >= 0.3 is 0 Å². The van der Waals surface area contributed by atoms with Crippen molar-refractivity contribution < 1.29 is 0 Å². The standard InChI is InChI=1S/C9H8N2S2/c1-12-8-6-13-9(11-8)7-3-2-4-10-5-7/h2-6H,1H3. The maximum atomic E-state index is 4.44. The van der Waals surface area contributed by atoms with E-state index in [9.17, 15) is 0 Å². The van der Waals surface area contributed by atoms with Crippen LogP contribution in [0.15, 0.2) is 34.9 Å². The van der Waals surface area contributed by atoms with E-state index in [0.717, 1.165) is 15.6 Å². The Kier molecular flexibility index (Phi) is 2.61. The second-order valence-corrected chi connectivity index (χ2v) is 4.12. The average molecular weight is 208 g/mol. The van der Waals surface area contributed by atoms with E-state index in [0.29, 0.717) is 0 Å². The highest BCUT2D eigenvalue weighted by molar-refractivity contribution is 7.98. The first-order valence-corrected chi connectivity index (χ1v) is 5.90. The van der Waals surface area contributed by atoms with Gasteiger partial charge in [0.15, 0.2) is 0 Å². The van der Waals surface area contributed by atoms with Gasteiger partial charge in [0.2, 0.25) is 0 Å². The fourth-order valence-electron chi connectivity index (χ4n) is 0.975. The molecule has 13 heavy (non-hydrogen) atoms. The summed E-state index contributed by atoms with van der Waals surface area (Å²) < 4.78 is 0. The van der Waals surface area contributed by atoms with Crippen LogP contribution in [-0.4, -0.2) is 16.2 Å². The molecule has 2 nitrogen and oxygen atoms in total. The van der Waals surface area contributed by atoms with E-state index in [-0.39, 0.29) is 0 Å². The third-order valence-electron chi connectivity index (χ3n) is 1.60. The van der Waals surface area contributed by atoms with Crippen molar-refractivity contribution in [1.29, 1.82) is 0 Å². The molecule has 2 rings (SSSR count). The largest absolute Gasteiger partial charge is 0.264 e. The van der Waals surface area contributed by atoms with Gasteiger partial charge in [-0.1, -0.05) is 0 Å². The molecule has 0 saturated carbocycles. The van der Waals surface area contributed by atoms with Gasteiger partial charge in [-0.15, -0.1) is 23.1 Å². The number of thiazole rings is 1. The monoisotopic (exact) mass is 208 g/mol. The van der Waals surface area contributed by atoms with Crippen molar-refractivity contribution >= 4 is 23.1 Å². The molecule has 0 aliphatic heterocycles. The highest BCUT2D eigenvalue weighted by Crippen LogP contribution is 2.26. The maximum absolute atomic E-state index is 4.44. The predicted octanol–water partition coefficient (Wildman–Crippen LogP) is 2.93. The molecule has 0 atom stereocenters.